The molecule has 2 nitrogen and oxygen atoms in total. The smallest absolute Gasteiger partial charge is 0.179 e. The number of benzene rings is 1. The number of thiophene rings is 1. The maximum atomic E-state index is 16.0. The molecule has 2 aromatic heterocycles. The van der Waals surface area contributed by atoms with E-state index in [9.17, 15) is 0 Å². The molecule has 1 atom stereocenters. The van der Waals surface area contributed by atoms with Crippen LogP contribution in [0.1, 0.15) is 16.0 Å². The Balaban J connectivity index is 2.10. The van der Waals surface area contributed by atoms with Gasteiger partial charge in [-0.25, -0.2) is 9.37 Å². The van der Waals surface area contributed by atoms with Gasteiger partial charge in [0.25, 0.3) is 0 Å². The number of nitrogens with zero attached hydrogens (tertiary/aromatic N) is 2. The van der Waals surface area contributed by atoms with Gasteiger partial charge >= 0.3 is 0 Å². The van der Waals surface area contributed by atoms with Crippen LogP contribution in [0.2, 0.25) is 5.02 Å². The van der Waals surface area contributed by atoms with Crippen molar-refractivity contribution in [3.8, 4) is 0 Å². The number of rotatable bonds is 4. The Morgan fingerprint density at radius 3 is 2.62 bits per heavy atom. The van der Waals surface area contributed by atoms with Crippen molar-refractivity contribution in [2.45, 2.75) is 19.1 Å². The molecule has 0 radical (unpaired) electrons. The largest absolute Gasteiger partial charge is 0.334 e. The van der Waals surface area contributed by atoms with E-state index in [1.165, 1.54) is 0 Å². The van der Waals surface area contributed by atoms with Crippen molar-refractivity contribution in [3.05, 3.63) is 75.5 Å². The first-order chi connectivity index (χ1) is 10.1. The second-order valence-electron chi connectivity index (χ2n) is 4.93. The zero-order valence-electron chi connectivity index (χ0n) is 11.5. The van der Waals surface area contributed by atoms with Crippen molar-refractivity contribution in [1.29, 1.82) is 0 Å². The molecular formula is C16H14ClFN2S. The van der Waals surface area contributed by atoms with E-state index < -0.39 is 5.67 Å². The van der Waals surface area contributed by atoms with Gasteiger partial charge in [-0.05, 0) is 36.1 Å². The Kier molecular flexibility index (Phi) is 3.83. The highest BCUT2D eigenvalue weighted by atomic mass is 35.5. The minimum atomic E-state index is -1.60. The summed E-state index contributed by atoms with van der Waals surface area (Å²) in [5.41, 5.74) is -0.305. The zero-order chi connectivity index (χ0) is 14.9. The first-order valence-electron chi connectivity index (χ1n) is 6.55. The van der Waals surface area contributed by atoms with E-state index in [1.54, 1.807) is 58.9 Å². The predicted octanol–water partition coefficient (Wildman–Crippen LogP) is 4.82. The van der Waals surface area contributed by atoms with Crippen molar-refractivity contribution >= 4 is 22.9 Å². The number of halogens is 2. The predicted molar refractivity (Wildman–Crippen MR) is 84.6 cm³/mol. The molecule has 0 aliphatic rings. The lowest BCUT2D eigenvalue weighted by molar-refractivity contribution is 0.189. The summed E-state index contributed by atoms with van der Waals surface area (Å²) in [7, 11) is 0. The minimum Gasteiger partial charge on any atom is -0.334 e. The SMILES string of the molecule is Cc1sccc1C(F)(Cn1ccnc1)c1ccc(Cl)cc1. The molecule has 1 aromatic carbocycles. The van der Waals surface area contributed by atoms with Crippen molar-refractivity contribution in [3.63, 3.8) is 0 Å². The average molecular weight is 321 g/mol. The molecular weight excluding hydrogens is 307 g/mol. The molecule has 0 N–H and O–H groups in total. The van der Waals surface area contributed by atoms with Gasteiger partial charge in [0.15, 0.2) is 5.67 Å². The molecule has 0 spiro atoms. The third-order valence-corrected chi connectivity index (χ3v) is 4.64. The highest BCUT2D eigenvalue weighted by molar-refractivity contribution is 7.10. The van der Waals surface area contributed by atoms with E-state index in [-0.39, 0.29) is 6.54 Å². The van der Waals surface area contributed by atoms with Crippen molar-refractivity contribution in [2.24, 2.45) is 0 Å². The fourth-order valence-corrected chi connectivity index (χ4v) is 3.36. The molecule has 0 aliphatic carbocycles. The zero-order valence-corrected chi connectivity index (χ0v) is 13.0. The molecule has 3 aromatic rings. The summed E-state index contributed by atoms with van der Waals surface area (Å²) in [6, 6.07) is 8.79. The first kappa shape index (κ1) is 14.3. The van der Waals surface area contributed by atoms with Crippen LogP contribution in [0.4, 0.5) is 4.39 Å². The minimum absolute atomic E-state index is 0.187. The summed E-state index contributed by atoms with van der Waals surface area (Å²) in [6.07, 6.45) is 5.06. The van der Waals surface area contributed by atoms with Crippen LogP contribution >= 0.6 is 22.9 Å². The first-order valence-corrected chi connectivity index (χ1v) is 7.80. The quantitative estimate of drug-likeness (QED) is 0.674. The van der Waals surface area contributed by atoms with E-state index in [4.69, 9.17) is 11.6 Å². The maximum Gasteiger partial charge on any atom is 0.179 e. The van der Waals surface area contributed by atoms with Gasteiger partial charge in [0, 0.05) is 27.9 Å². The lowest BCUT2D eigenvalue weighted by atomic mass is 9.88. The number of hydrogen-bond donors (Lipinski definition) is 0. The van der Waals surface area contributed by atoms with Crippen molar-refractivity contribution < 1.29 is 4.39 Å². The number of imidazole rings is 1. The van der Waals surface area contributed by atoms with E-state index >= 15 is 4.39 Å². The van der Waals surface area contributed by atoms with Gasteiger partial charge in [0.1, 0.15) is 0 Å². The summed E-state index contributed by atoms with van der Waals surface area (Å²) < 4.78 is 17.7. The second-order valence-corrected chi connectivity index (χ2v) is 6.49. The van der Waals surface area contributed by atoms with Crippen LogP contribution in [-0.2, 0) is 12.2 Å². The molecule has 0 saturated heterocycles. The van der Waals surface area contributed by atoms with Crippen LogP contribution in [0.15, 0.2) is 54.4 Å². The Morgan fingerprint density at radius 2 is 2.05 bits per heavy atom. The summed E-state index contributed by atoms with van der Waals surface area (Å²) in [4.78, 5) is 4.97. The van der Waals surface area contributed by atoms with Crippen LogP contribution in [0.5, 0.6) is 0 Å². The van der Waals surface area contributed by atoms with Gasteiger partial charge in [-0.2, -0.15) is 0 Å². The van der Waals surface area contributed by atoms with Gasteiger partial charge in [-0.1, -0.05) is 23.7 Å². The Labute approximate surface area is 131 Å². The summed E-state index contributed by atoms with van der Waals surface area (Å²) in [5.74, 6) is 0. The molecule has 3 rings (SSSR count). The highest BCUT2D eigenvalue weighted by Gasteiger charge is 2.36. The Hall–Kier alpha value is -1.65. The molecule has 5 heteroatoms. The Morgan fingerprint density at radius 1 is 1.29 bits per heavy atom. The third kappa shape index (κ3) is 2.74. The number of hydrogen-bond acceptors (Lipinski definition) is 2. The van der Waals surface area contributed by atoms with Crippen LogP contribution < -0.4 is 0 Å². The van der Waals surface area contributed by atoms with Gasteiger partial charge < -0.3 is 4.57 Å². The molecule has 0 aliphatic heterocycles. The number of aromatic nitrogens is 2. The summed E-state index contributed by atoms with van der Waals surface area (Å²) >= 11 is 7.48. The van der Waals surface area contributed by atoms with Crippen LogP contribution in [0.3, 0.4) is 0 Å². The topological polar surface area (TPSA) is 17.8 Å². The number of aryl methyl sites for hydroxylation is 1. The van der Waals surface area contributed by atoms with E-state index in [1.807, 2.05) is 18.4 Å². The fourth-order valence-electron chi connectivity index (χ4n) is 2.47. The Bertz CT molecular complexity index is 721. The van der Waals surface area contributed by atoms with E-state index in [0.29, 0.717) is 16.1 Å². The van der Waals surface area contributed by atoms with Crippen LogP contribution in [0, 0.1) is 6.92 Å². The second kappa shape index (κ2) is 5.62. The molecule has 108 valence electrons. The lowest BCUT2D eigenvalue weighted by Gasteiger charge is -2.27. The molecule has 21 heavy (non-hydrogen) atoms. The van der Waals surface area contributed by atoms with Crippen LogP contribution in [-0.4, -0.2) is 9.55 Å². The highest BCUT2D eigenvalue weighted by Crippen LogP contribution is 2.39. The van der Waals surface area contributed by atoms with Gasteiger partial charge in [-0.15, -0.1) is 11.3 Å². The normalized spacial score (nSPS) is 14.0. The lowest BCUT2D eigenvalue weighted by Crippen LogP contribution is -2.28. The fraction of sp³-hybridized carbons (Fsp3) is 0.188. The molecule has 2 heterocycles. The van der Waals surface area contributed by atoms with Gasteiger partial charge in [0.2, 0.25) is 0 Å². The van der Waals surface area contributed by atoms with Gasteiger partial charge in [-0.3, -0.25) is 0 Å². The standard InChI is InChI=1S/C16H14ClFN2S/c1-12-15(6-9-21-12)16(18,10-20-8-7-19-11-20)13-2-4-14(17)5-3-13/h2-9,11H,10H2,1H3. The monoisotopic (exact) mass is 320 g/mol. The molecule has 0 bridgehead atoms. The molecule has 0 amide bonds. The maximum absolute atomic E-state index is 16.0. The number of alkyl halides is 1. The molecule has 1 unspecified atom stereocenters. The molecule has 0 fully saturated rings. The van der Waals surface area contributed by atoms with E-state index in [0.717, 1.165) is 4.88 Å². The van der Waals surface area contributed by atoms with Crippen LogP contribution in [0.25, 0.3) is 0 Å². The van der Waals surface area contributed by atoms with Crippen molar-refractivity contribution in [1.82, 2.24) is 9.55 Å². The van der Waals surface area contributed by atoms with E-state index in [2.05, 4.69) is 4.98 Å². The average Bonchev–Trinajstić information content (AvgIpc) is 3.11. The summed E-state index contributed by atoms with van der Waals surface area (Å²) in [6.45, 7) is 2.13. The van der Waals surface area contributed by atoms with Gasteiger partial charge in [0.05, 0.1) is 12.9 Å². The third-order valence-electron chi connectivity index (χ3n) is 3.55. The summed E-state index contributed by atoms with van der Waals surface area (Å²) in [5, 5.41) is 2.52. The van der Waals surface area contributed by atoms with Crippen molar-refractivity contribution in [2.75, 3.05) is 0 Å². The molecule has 0 saturated carbocycles.